The maximum atomic E-state index is 13.5. The first kappa shape index (κ1) is 23.2. The van der Waals surface area contributed by atoms with E-state index in [1.54, 1.807) is 17.0 Å². The van der Waals surface area contributed by atoms with Gasteiger partial charge in [-0.15, -0.1) is 23.7 Å². The molecule has 0 unspecified atom stereocenters. The van der Waals surface area contributed by atoms with Gasteiger partial charge in [0.05, 0.1) is 20.0 Å². The second-order valence-electron chi connectivity index (χ2n) is 7.52. The van der Waals surface area contributed by atoms with E-state index in [1.165, 1.54) is 34.8 Å². The highest BCUT2D eigenvalue weighted by atomic mass is 35.5. The average molecular weight is 507 g/mol. The van der Waals surface area contributed by atoms with Gasteiger partial charge in [0.1, 0.15) is 0 Å². The zero-order valence-corrected chi connectivity index (χ0v) is 20.1. The molecule has 0 radical (unpaired) electrons. The van der Waals surface area contributed by atoms with Gasteiger partial charge >= 0.3 is 0 Å². The van der Waals surface area contributed by atoms with E-state index in [9.17, 15) is 14.9 Å². The highest BCUT2D eigenvalue weighted by molar-refractivity contribution is 7.23. The van der Waals surface area contributed by atoms with Crippen LogP contribution in [0.1, 0.15) is 9.67 Å². The molecule has 1 aliphatic rings. The molecule has 9 nitrogen and oxygen atoms in total. The predicted molar refractivity (Wildman–Crippen MR) is 132 cm³/mol. The van der Waals surface area contributed by atoms with Gasteiger partial charge in [0.25, 0.3) is 11.6 Å². The summed E-state index contributed by atoms with van der Waals surface area (Å²) in [6.45, 7) is 1.30. The summed E-state index contributed by atoms with van der Waals surface area (Å²) in [5, 5.41) is 12.3. The molecule has 0 spiro atoms. The zero-order chi connectivity index (χ0) is 22.4. The van der Waals surface area contributed by atoms with Crippen LogP contribution in [0.3, 0.4) is 0 Å². The van der Waals surface area contributed by atoms with E-state index in [1.807, 2.05) is 31.1 Å². The number of thiazole rings is 1. The molecule has 0 bridgehead atoms. The summed E-state index contributed by atoms with van der Waals surface area (Å²) < 4.78 is 12.6. The summed E-state index contributed by atoms with van der Waals surface area (Å²) in [5.74, 6) is 1.13. The first-order chi connectivity index (χ1) is 15.4. The summed E-state index contributed by atoms with van der Waals surface area (Å²) in [4.78, 5) is 33.0. The summed E-state index contributed by atoms with van der Waals surface area (Å²) in [5.41, 5.74) is 0.742. The number of nitrogens with zero attached hydrogens (tertiary/aromatic N) is 4. The van der Waals surface area contributed by atoms with Crippen LogP contribution in [0, 0.1) is 10.1 Å². The van der Waals surface area contributed by atoms with Crippen LogP contribution in [0.2, 0.25) is 0 Å². The molecule has 0 atom stereocenters. The monoisotopic (exact) mass is 506 g/mol. The minimum absolute atomic E-state index is 0. The number of nitro benzene ring substituents is 1. The third-order valence-electron chi connectivity index (χ3n) is 5.04. The van der Waals surface area contributed by atoms with Crippen molar-refractivity contribution >= 4 is 72.1 Å². The molecule has 0 fully saturated rings. The Bertz CT molecular complexity index is 1330. The standard InChI is InChI=1S/C21H18N4O5S2.ClH/c1-23(2)5-6-24(21-22-14-9-15-16(30-11-29-15)10-18(14)32-21)20(26)19-8-12-7-13(25(27)28)3-4-17(12)31-19;/h3-4,7-10H,5-6,11H2,1-2H3;1H. The molecule has 0 saturated carbocycles. The molecular formula is C21H19ClN4O5S2. The van der Waals surface area contributed by atoms with Crippen molar-refractivity contribution in [3.8, 4) is 11.5 Å². The van der Waals surface area contributed by atoms with E-state index < -0.39 is 4.92 Å². The Kier molecular flexibility index (Phi) is 6.39. The Balaban J connectivity index is 0.00000259. The summed E-state index contributed by atoms with van der Waals surface area (Å²) >= 11 is 2.73. The number of nitro groups is 1. The number of carbonyl (C=O) groups excluding carboxylic acids is 1. The SMILES string of the molecule is CN(C)CCN(C(=O)c1cc2cc([N+](=O)[O-])ccc2s1)c1nc2cc3c(cc2s1)OCO3.Cl. The maximum absolute atomic E-state index is 13.5. The second kappa shape index (κ2) is 9.10. The van der Waals surface area contributed by atoms with E-state index in [0.29, 0.717) is 40.0 Å². The van der Waals surface area contributed by atoms with Gasteiger partial charge in [-0.2, -0.15) is 0 Å². The summed E-state index contributed by atoms with van der Waals surface area (Å²) in [6, 6.07) is 10.0. The smallest absolute Gasteiger partial charge is 0.270 e. The van der Waals surface area contributed by atoms with Crippen molar-refractivity contribution in [3.05, 3.63) is 51.4 Å². The molecule has 1 aliphatic heterocycles. The van der Waals surface area contributed by atoms with Crippen LogP contribution < -0.4 is 14.4 Å². The van der Waals surface area contributed by atoms with Crippen molar-refractivity contribution in [2.45, 2.75) is 0 Å². The van der Waals surface area contributed by atoms with Gasteiger partial charge in [0.2, 0.25) is 6.79 Å². The van der Waals surface area contributed by atoms with Crippen LogP contribution >= 0.6 is 35.1 Å². The average Bonchev–Trinajstić information content (AvgIpc) is 3.48. The number of rotatable bonds is 6. The van der Waals surface area contributed by atoms with Crippen molar-refractivity contribution in [1.82, 2.24) is 9.88 Å². The van der Waals surface area contributed by atoms with Crippen LogP contribution in [0.4, 0.5) is 10.8 Å². The van der Waals surface area contributed by atoms with Gasteiger partial charge in [0.15, 0.2) is 16.6 Å². The molecule has 33 heavy (non-hydrogen) atoms. The van der Waals surface area contributed by atoms with Gasteiger partial charge in [-0.05, 0) is 26.2 Å². The van der Waals surface area contributed by atoms with Crippen molar-refractivity contribution in [1.29, 1.82) is 0 Å². The molecule has 3 heterocycles. The van der Waals surface area contributed by atoms with Crippen molar-refractivity contribution in [2.75, 3.05) is 38.9 Å². The fraction of sp³-hybridized carbons (Fsp3) is 0.238. The number of hydrogen-bond donors (Lipinski definition) is 0. The Morgan fingerprint density at radius 1 is 1.09 bits per heavy atom. The normalized spacial score (nSPS) is 12.3. The molecule has 12 heteroatoms. The van der Waals surface area contributed by atoms with Crippen LogP contribution in [-0.4, -0.2) is 54.7 Å². The van der Waals surface area contributed by atoms with Crippen molar-refractivity contribution in [3.63, 3.8) is 0 Å². The number of amides is 1. The number of hydrogen-bond acceptors (Lipinski definition) is 9. The first-order valence-electron chi connectivity index (χ1n) is 9.74. The van der Waals surface area contributed by atoms with Gasteiger partial charge in [-0.3, -0.25) is 19.8 Å². The number of benzene rings is 2. The van der Waals surface area contributed by atoms with Crippen LogP contribution in [-0.2, 0) is 0 Å². The molecule has 2 aromatic carbocycles. The fourth-order valence-electron chi connectivity index (χ4n) is 3.39. The quantitative estimate of drug-likeness (QED) is 0.274. The van der Waals surface area contributed by atoms with Gasteiger partial charge < -0.3 is 14.4 Å². The van der Waals surface area contributed by atoms with E-state index in [0.717, 1.165) is 14.9 Å². The number of fused-ring (bicyclic) bond motifs is 3. The predicted octanol–water partition coefficient (Wildman–Crippen LogP) is 4.78. The summed E-state index contributed by atoms with van der Waals surface area (Å²) in [6.07, 6.45) is 0. The lowest BCUT2D eigenvalue weighted by atomic mass is 10.2. The molecular weight excluding hydrogens is 488 g/mol. The topological polar surface area (TPSA) is 98.0 Å². The molecule has 5 rings (SSSR count). The number of likely N-dealkylation sites (N-methyl/N-ethyl adjacent to an activating group) is 1. The lowest BCUT2D eigenvalue weighted by Crippen LogP contribution is -2.36. The number of anilines is 1. The number of aromatic nitrogens is 1. The van der Waals surface area contributed by atoms with Crippen molar-refractivity contribution in [2.24, 2.45) is 0 Å². The highest BCUT2D eigenvalue weighted by Crippen LogP contribution is 2.40. The fourth-order valence-corrected chi connectivity index (χ4v) is 5.38. The number of halogens is 1. The Morgan fingerprint density at radius 2 is 1.85 bits per heavy atom. The molecule has 0 aliphatic carbocycles. The minimum Gasteiger partial charge on any atom is -0.454 e. The van der Waals surface area contributed by atoms with E-state index in [2.05, 4.69) is 0 Å². The highest BCUT2D eigenvalue weighted by Gasteiger charge is 2.25. The molecule has 172 valence electrons. The number of non-ortho nitro benzene ring substituents is 1. The zero-order valence-electron chi connectivity index (χ0n) is 17.6. The number of carbonyl (C=O) groups is 1. The third-order valence-corrected chi connectivity index (χ3v) is 7.19. The largest absolute Gasteiger partial charge is 0.454 e. The van der Waals surface area contributed by atoms with Gasteiger partial charge in [-0.1, -0.05) is 11.3 Å². The van der Waals surface area contributed by atoms with Crippen LogP contribution in [0.5, 0.6) is 11.5 Å². The Labute approximate surface area is 202 Å². The molecule has 1 amide bonds. The Hall–Kier alpha value is -2.99. The minimum atomic E-state index is -0.437. The maximum Gasteiger partial charge on any atom is 0.270 e. The van der Waals surface area contributed by atoms with Gasteiger partial charge in [0, 0.05) is 47.4 Å². The lowest BCUT2D eigenvalue weighted by molar-refractivity contribution is -0.384. The first-order valence-corrected chi connectivity index (χ1v) is 11.4. The van der Waals surface area contributed by atoms with E-state index >= 15 is 0 Å². The van der Waals surface area contributed by atoms with Crippen molar-refractivity contribution < 1.29 is 19.2 Å². The number of ether oxygens (including phenoxy) is 2. The molecule has 2 aromatic heterocycles. The summed E-state index contributed by atoms with van der Waals surface area (Å²) in [7, 11) is 3.89. The van der Waals surface area contributed by atoms with E-state index in [-0.39, 0.29) is 30.8 Å². The van der Waals surface area contributed by atoms with E-state index in [4.69, 9.17) is 14.5 Å². The Morgan fingerprint density at radius 3 is 2.58 bits per heavy atom. The second-order valence-corrected chi connectivity index (χ2v) is 9.61. The van der Waals surface area contributed by atoms with Crippen LogP contribution in [0.15, 0.2) is 36.4 Å². The molecule has 0 saturated heterocycles. The number of thiophene rings is 1. The molecule has 0 N–H and O–H groups in total. The third kappa shape index (κ3) is 4.44. The van der Waals surface area contributed by atoms with Gasteiger partial charge in [-0.25, -0.2) is 4.98 Å². The lowest BCUT2D eigenvalue weighted by Gasteiger charge is -2.21. The molecule has 4 aromatic rings. The van der Waals surface area contributed by atoms with Crippen LogP contribution in [0.25, 0.3) is 20.3 Å².